The van der Waals surface area contributed by atoms with Crippen molar-refractivity contribution in [3.05, 3.63) is 76.9 Å². The van der Waals surface area contributed by atoms with Crippen molar-refractivity contribution in [3.63, 3.8) is 0 Å². The summed E-state index contributed by atoms with van der Waals surface area (Å²) in [7, 11) is 1.60. The van der Waals surface area contributed by atoms with Gasteiger partial charge in [0.15, 0.2) is 0 Å². The van der Waals surface area contributed by atoms with Gasteiger partial charge in [0, 0.05) is 22.5 Å². The number of benzene rings is 2. The zero-order chi connectivity index (χ0) is 16.9. The molecule has 1 amide bonds. The Hall–Kier alpha value is -2.66. The summed E-state index contributed by atoms with van der Waals surface area (Å²) in [5.41, 5.74) is 1.41. The van der Waals surface area contributed by atoms with Crippen LogP contribution in [0.3, 0.4) is 0 Å². The van der Waals surface area contributed by atoms with Gasteiger partial charge in [-0.3, -0.25) is 4.79 Å². The maximum atomic E-state index is 13.8. The van der Waals surface area contributed by atoms with Crippen LogP contribution in [-0.2, 0) is 6.54 Å². The minimum absolute atomic E-state index is 0.187. The quantitative estimate of drug-likeness (QED) is 0.742. The van der Waals surface area contributed by atoms with Gasteiger partial charge in [0.2, 0.25) is 0 Å². The molecule has 1 heterocycles. The second kappa shape index (κ2) is 7.27. The van der Waals surface area contributed by atoms with Crippen molar-refractivity contribution in [2.24, 2.45) is 0 Å². The first kappa shape index (κ1) is 16.2. The van der Waals surface area contributed by atoms with Crippen LogP contribution in [0.4, 0.5) is 4.39 Å². The van der Waals surface area contributed by atoms with Gasteiger partial charge in [-0.05, 0) is 24.3 Å². The van der Waals surface area contributed by atoms with Crippen LogP contribution in [0.1, 0.15) is 15.2 Å². The van der Waals surface area contributed by atoms with Crippen molar-refractivity contribution in [2.45, 2.75) is 6.54 Å². The molecule has 3 aromatic rings. The van der Waals surface area contributed by atoms with Crippen LogP contribution in [0, 0.1) is 5.82 Å². The van der Waals surface area contributed by atoms with E-state index in [1.54, 1.807) is 37.4 Å². The van der Waals surface area contributed by atoms with Crippen LogP contribution in [0.15, 0.2) is 60.7 Å². The molecule has 0 fully saturated rings. The average molecular weight is 341 g/mol. The van der Waals surface area contributed by atoms with Gasteiger partial charge in [0.25, 0.3) is 5.91 Å². The zero-order valence-electron chi connectivity index (χ0n) is 13.1. The normalized spacial score (nSPS) is 10.4. The Morgan fingerprint density at radius 2 is 1.83 bits per heavy atom. The fourth-order valence-electron chi connectivity index (χ4n) is 2.38. The summed E-state index contributed by atoms with van der Waals surface area (Å²) in [5, 5.41) is 2.87. The third-order valence-electron chi connectivity index (χ3n) is 3.60. The van der Waals surface area contributed by atoms with Gasteiger partial charge in [0.05, 0.1) is 12.0 Å². The summed E-state index contributed by atoms with van der Waals surface area (Å²) in [6, 6.07) is 17.5. The number of ether oxygens (including phenoxy) is 1. The maximum absolute atomic E-state index is 13.8. The first-order chi connectivity index (χ1) is 11.7. The second-order valence-electron chi connectivity index (χ2n) is 5.14. The standard InChI is InChI=1S/C19H16FNO2S/c1-23-16-9-5-2-6-13(16)12-21-19(22)18-11-10-17(24-18)14-7-3-4-8-15(14)20/h2-11H,12H2,1H3,(H,21,22). The number of nitrogens with one attached hydrogen (secondary N) is 1. The molecule has 0 saturated carbocycles. The minimum Gasteiger partial charge on any atom is -0.496 e. The monoisotopic (exact) mass is 341 g/mol. The van der Waals surface area contributed by atoms with Gasteiger partial charge in [-0.1, -0.05) is 36.4 Å². The van der Waals surface area contributed by atoms with Crippen molar-refractivity contribution < 1.29 is 13.9 Å². The van der Waals surface area contributed by atoms with Crippen molar-refractivity contribution in [1.29, 1.82) is 0 Å². The Balaban J connectivity index is 1.71. The Morgan fingerprint density at radius 1 is 1.08 bits per heavy atom. The maximum Gasteiger partial charge on any atom is 0.261 e. The highest BCUT2D eigenvalue weighted by atomic mass is 32.1. The number of carbonyl (C=O) groups is 1. The molecule has 1 N–H and O–H groups in total. The third kappa shape index (κ3) is 3.46. The number of hydrogen-bond acceptors (Lipinski definition) is 3. The third-order valence-corrected chi connectivity index (χ3v) is 4.72. The van der Waals surface area contributed by atoms with E-state index in [4.69, 9.17) is 4.74 Å². The van der Waals surface area contributed by atoms with Crippen molar-refractivity contribution in [3.8, 4) is 16.2 Å². The molecule has 0 aliphatic heterocycles. The molecule has 2 aromatic carbocycles. The summed E-state index contributed by atoms with van der Waals surface area (Å²) >= 11 is 1.27. The molecule has 3 rings (SSSR count). The number of para-hydroxylation sites is 1. The van der Waals surface area contributed by atoms with Gasteiger partial charge in [-0.15, -0.1) is 11.3 Å². The first-order valence-corrected chi connectivity index (χ1v) is 8.25. The van der Waals surface area contributed by atoms with Crippen LogP contribution >= 0.6 is 11.3 Å². The molecule has 1 aromatic heterocycles. The van der Waals surface area contributed by atoms with E-state index in [-0.39, 0.29) is 11.7 Å². The molecule has 0 aliphatic rings. The summed E-state index contributed by atoms with van der Waals surface area (Å²) in [5.74, 6) is 0.254. The molecule has 122 valence electrons. The Bertz CT molecular complexity index is 860. The predicted octanol–water partition coefficient (Wildman–Crippen LogP) is 4.49. The van der Waals surface area contributed by atoms with E-state index in [0.29, 0.717) is 17.0 Å². The van der Waals surface area contributed by atoms with E-state index in [0.717, 1.165) is 16.2 Å². The summed E-state index contributed by atoms with van der Waals surface area (Å²) in [6.07, 6.45) is 0. The van der Waals surface area contributed by atoms with Crippen molar-refractivity contribution in [1.82, 2.24) is 5.32 Å². The zero-order valence-corrected chi connectivity index (χ0v) is 13.9. The molecule has 0 unspecified atom stereocenters. The van der Waals surface area contributed by atoms with E-state index in [1.807, 2.05) is 24.3 Å². The van der Waals surface area contributed by atoms with Crippen molar-refractivity contribution in [2.75, 3.05) is 7.11 Å². The Labute approximate surface area is 143 Å². The fourth-order valence-corrected chi connectivity index (χ4v) is 3.33. The van der Waals surface area contributed by atoms with Gasteiger partial charge < -0.3 is 10.1 Å². The van der Waals surface area contributed by atoms with Gasteiger partial charge in [-0.25, -0.2) is 4.39 Å². The summed E-state index contributed by atoms with van der Waals surface area (Å²) < 4.78 is 19.1. The van der Waals surface area contributed by atoms with Crippen LogP contribution in [0.25, 0.3) is 10.4 Å². The van der Waals surface area contributed by atoms with Gasteiger partial charge >= 0.3 is 0 Å². The first-order valence-electron chi connectivity index (χ1n) is 7.44. The molecule has 24 heavy (non-hydrogen) atoms. The number of thiophene rings is 1. The number of hydrogen-bond donors (Lipinski definition) is 1. The van der Waals surface area contributed by atoms with Crippen LogP contribution in [0.5, 0.6) is 5.75 Å². The number of halogens is 1. The molecule has 0 saturated heterocycles. The van der Waals surface area contributed by atoms with Gasteiger partial charge in [0.1, 0.15) is 11.6 Å². The Morgan fingerprint density at radius 3 is 2.62 bits per heavy atom. The lowest BCUT2D eigenvalue weighted by atomic mass is 10.2. The SMILES string of the molecule is COc1ccccc1CNC(=O)c1ccc(-c2ccccc2F)s1. The average Bonchev–Trinajstić information content (AvgIpc) is 3.10. The van der Waals surface area contributed by atoms with Crippen LogP contribution in [-0.4, -0.2) is 13.0 Å². The minimum atomic E-state index is -0.291. The second-order valence-corrected chi connectivity index (χ2v) is 6.22. The highest BCUT2D eigenvalue weighted by molar-refractivity contribution is 7.17. The summed E-state index contributed by atoms with van der Waals surface area (Å²) in [4.78, 5) is 13.6. The lowest BCUT2D eigenvalue weighted by Gasteiger charge is -2.08. The van der Waals surface area contributed by atoms with E-state index >= 15 is 0 Å². The molecule has 0 radical (unpaired) electrons. The lowest BCUT2D eigenvalue weighted by molar-refractivity contribution is 0.0954. The molecule has 3 nitrogen and oxygen atoms in total. The largest absolute Gasteiger partial charge is 0.496 e. The highest BCUT2D eigenvalue weighted by Crippen LogP contribution is 2.30. The Kier molecular flexibility index (Phi) is 4.91. The summed E-state index contributed by atoms with van der Waals surface area (Å²) in [6.45, 7) is 0.371. The van der Waals surface area contributed by atoms with E-state index in [1.165, 1.54) is 17.4 Å². The number of rotatable bonds is 5. The van der Waals surface area contributed by atoms with Crippen LogP contribution < -0.4 is 10.1 Å². The van der Waals surface area contributed by atoms with Crippen LogP contribution in [0.2, 0.25) is 0 Å². The van der Waals surface area contributed by atoms with Gasteiger partial charge in [-0.2, -0.15) is 0 Å². The van der Waals surface area contributed by atoms with E-state index in [2.05, 4.69) is 5.32 Å². The lowest BCUT2D eigenvalue weighted by Crippen LogP contribution is -2.22. The fraction of sp³-hybridized carbons (Fsp3) is 0.105. The predicted molar refractivity (Wildman–Crippen MR) is 93.9 cm³/mol. The molecular weight excluding hydrogens is 325 g/mol. The van der Waals surface area contributed by atoms with E-state index < -0.39 is 0 Å². The molecular formula is C19H16FNO2S. The number of methoxy groups -OCH3 is 1. The molecule has 0 aliphatic carbocycles. The van der Waals surface area contributed by atoms with Crippen molar-refractivity contribution >= 4 is 17.2 Å². The molecule has 0 bridgehead atoms. The smallest absolute Gasteiger partial charge is 0.261 e. The molecule has 0 atom stereocenters. The molecule has 5 heteroatoms. The number of carbonyl (C=O) groups excluding carboxylic acids is 1. The van der Waals surface area contributed by atoms with E-state index in [9.17, 15) is 9.18 Å². The topological polar surface area (TPSA) is 38.3 Å². The molecule has 0 spiro atoms. The highest BCUT2D eigenvalue weighted by Gasteiger charge is 2.13. The number of amides is 1.